The van der Waals surface area contributed by atoms with Crippen LogP contribution in [0.5, 0.6) is 0 Å². The Kier molecular flexibility index (Phi) is 7.72. The number of rotatable bonds is 7. The van der Waals surface area contributed by atoms with Gasteiger partial charge in [0.05, 0.1) is 28.8 Å². The minimum absolute atomic E-state index is 0.252. The highest BCUT2D eigenvalue weighted by atomic mass is 32.2. The lowest BCUT2D eigenvalue weighted by atomic mass is 9.84. The summed E-state index contributed by atoms with van der Waals surface area (Å²) in [5, 5.41) is 2.46. The molecular formula is C31H26N4O6S2. The summed E-state index contributed by atoms with van der Waals surface area (Å²) < 4.78 is 6.35. The molecule has 0 bridgehead atoms. The summed E-state index contributed by atoms with van der Waals surface area (Å²) in [6.45, 7) is 3.60. The maximum atomic E-state index is 13.9. The molecule has 2 aromatic carbocycles. The topological polar surface area (TPSA) is 128 Å². The molecule has 2 aromatic heterocycles. The van der Waals surface area contributed by atoms with Gasteiger partial charge in [-0.2, -0.15) is 0 Å². The fourth-order valence-corrected chi connectivity index (χ4v) is 8.14. The second kappa shape index (κ2) is 11.6. The van der Waals surface area contributed by atoms with E-state index in [9.17, 15) is 24.0 Å². The summed E-state index contributed by atoms with van der Waals surface area (Å²) in [6, 6.07) is 17.0. The number of nitrogens with zero attached hydrogens (tertiary/aromatic N) is 3. The number of fused-ring (bicyclic) bond motifs is 2. The number of ether oxygens (including phenoxy) is 1. The Morgan fingerprint density at radius 3 is 2.42 bits per heavy atom. The van der Waals surface area contributed by atoms with Gasteiger partial charge in [0.15, 0.2) is 0 Å². The van der Waals surface area contributed by atoms with Crippen molar-refractivity contribution in [1.29, 1.82) is 0 Å². The number of esters is 1. The van der Waals surface area contributed by atoms with Gasteiger partial charge in [-0.05, 0) is 61.9 Å². The minimum atomic E-state index is -0.787. The monoisotopic (exact) mass is 614 g/mol. The predicted molar refractivity (Wildman–Crippen MR) is 162 cm³/mol. The van der Waals surface area contributed by atoms with Crippen LogP contribution in [0.3, 0.4) is 0 Å². The summed E-state index contributed by atoms with van der Waals surface area (Å²) in [7, 11) is 0. The number of hydrogen-bond acceptors (Lipinski definition) is 9. The number of carbonyl (C=O) groups excluding carboxylic acids is 4. The van der Waals surface area contributed by atoms with E-state index >= 15 is 0 Å². The van der Waals surface area contributed by atoms with Crippen LogP contribution in [0.4, 0.5) is 11.4 Å². The van der Waals surface area contributed by atoms with E-state index < -0.39 is 29.0 Å². The third kappa shape index (κ3) is 5.28. The van der Waals surface area contributed by atoms with Gasteiger partial charge in [-0.15, -0.1) is 0 Å². The Bertz CT molecular complexity index is 1780. The molecule has 0 saturated carbocycles. The number of aromatic nitrogens is 2. The van der Waals surface area contributed by atoms with Gasteiger partial charge in [-0.3, -0.25) is 28.7 Å². The van der Waals surface area contributed by atoms with Gasteiger partial charge >= 0.3 is 10.8 Å². The number of hydrogen-bond donors (Lipinski definition) is 1. The van der Waals surface area contributed by atoms with Gasteiger partial charge < -0.3 is 10.1 Å². The molecule has 2 aliphatic heterocycles. The molecule has 1 saturated heterocycles. The zero-order chi connectivity index (χ0) is 30.2. The fourth-order valence-electron chi connectivity index (χ4n) is 5.37. The standard InChI is InChI=1S/C31H26N4O6S2/c1-3-41-30(39)18-8-10-20(11-9-18)33-22(36)16-34-29-26(43-31(34)40)23(19-5-4-14-32-15-19)24-25(42-29)28(38)35(27(24)37)21-12-6-17(2)7-13-21/h4-15,23-25H,3,16H2,1-2H3,(H,33,36)/t23-,24+,25-/m0/s1. The first-order valence-electron chi connectivity index (χ1n) is 13.6. The zero-order valence-corrected chi connectivity index (χ0v) is 24.8. The number of thiazole rings is 1. The van der Waals surface area contributed by atoms with Crippen LogP contribution >= 0.6 is 23.1 Å². The lowest BCUT2D eigenvalue weighted by Gasteiger charge is -2.30. The van der Waals surface area contributed by atoms with Gasteiger partial charge in [0.2, 0.25) is 17.7 Å². The predicted octanol–water partition coefficient (Wildman–Crippen LogP) is 4.22. The molecule has 4 aromatic rings. The number of amides is 3. The molecular weight excluding hydrogens is 588 g/mol. The molecule has 4 heterocycles. The summed E-state index contributed by atoms with van der Waals surface area (Å²) in [4.78, 5) is 71.7. The molecule has 1 N–H and O–H groups in total. The third-order valence-electron chi connectivity index (χ3n) is 7.37. The maximum Gasteiger partial charge on any atom is 0.338 e. The van der Waals surface area contributed by atoms with E-state index in [-0.39, 0.29) is 29.8 Å². The van der Waals surface area contributed by atoms with Gasteiger partial charge in [0, 0.05) is 28.9 Å². The SMILES string of the molecule is CCOC(=O)c1ccc(NC(=O)Cn2c3c(sc2=O)[C@@H](c2cccnc2)[C@H]2C(=O)N(c4ccc(C)cc4)C(=O)[C@H]2S3)cc1. The molecule has 0 spiro atoms. The smallest absolute Gasteiger partial charge is 0.338 e. The van der Waals surface area contributed by atoms with Gasteiger partial charge in [-0.25, -0.2) is 9.69 Å². The average Bonchev–Trinajstić information content (AvgIpc) is 3.44. The second-order valence-corrected chi connectivity index (χ2v) is 12.3. The van der Waals surface area contributed by atoms with Crippen molar-refractivity contribution in [2.24, 2.45) is 5.92 Å². The van der Waals surface area contributed by atoms with E-state index in [1.165, 1.54) is 9.47 Å². The Hall–Kier alpha value is -4.55. The van der Waals surface area contributed by atoms with Crippen molar-refractivity contribution in [2.75, 3.05) is 16.8 Å². The van der Waals surface area contributed by atoms with Crippen molar-refractivity contribution in [1.82, 2.24) is 9.55 Å². The van der Waals surface area contributed by atoms with Crippen LogP contribution < -0.4 is 15.1 Å². The Balaban J connectivity index is 1.32. The number of pyridine rings is 1. The average molecular weight is 615 g/mol. The Morgan fingerprint density at radius 1 is 1.00 bits per heavy atom. The number of benzene rings is 2. The highest BCUT2D eigenvalue weighted by Crippen LogP contribution is 2.53. The zero-order valence-electron chi connectivity index (χ0n) is 23.2. The summed E-state index contributed by atoms with van der Waals surface area (Å²) >= 11 is 2.13. The normalized spacial score (nSPS) is 19.1. The molecule has 0 radical (unpaired) electrons. The summed E-state index contributed by atoms with van der Waals surface area (Å²) in [5.41, 5.74) is 3.01. The molecule has 3 atom stereocenters. The molecule has 10 nitrogen and oxygen atoms in total. The van der Waals surface area contributed by atoms with Crippen molar-refractivity contribution in [3.8, 4) is 0 Å². The van der Waals surface area contributed by atoms with E-state index in [4.69, 9.17) is 4.74 Å². The quantitative estimate of drug-likeness (QED) is 0.242. The number of thioether (sulfide) groups is 1. The van der Waals surface area contributed by atoms with Crippen LogP contribution in [-0.4, -0.2) is 45.1 Å². The Morgan fingerprint density at radius 2 is 1.74 bits per heavy atom. The van der Waals surface area contributed by atoms with Gasteiger partial charge in [0.1, 0.15) is 11.8 Å². The first kappa shape index (κ1) is 28.6. The van der Waals surface area contributed by atoms with Crippen LogP contribution in [-0.2, 0) is 25.7 Å². The largest absolute Gasteiger partial charge is 0.462 e. The first-order valence-corrected chi connectivity index (χ1v) is 15.3. The molecule has 2 aliphatic rings. The molecule has 218 valence electrons. The summed E-state index contributed by atoms with van der Waals surface area (Å²) in [6.07, 6.45) is 3.27. The van der Waals surface area contributed by atoms with Crippen molar-refractivity contribution in [2.45, 2.75) is 36.6 Å². The fraction of sp³-hybridized carbons (Fsp3) is 0.226. The van der Waals surface area contributed by atoms with Crippen LogP contribution in [0, 0.1) is 12.8 Å². The molecule has 3 amide bonds. The number of anilines is 2. The molecule has 12 heteroatoms. The number of aryl methyl sites for hydroxylation is 1. The lowest BCUT2D eigenvalue weighted by molar-refractivity contribution is -0.122. The molecule has 0 aliphatic carbocycles. The van der Waals surface area contributed by atoms with E-state index in [0.29, 0.717) is 32.4 Å². The van der Waals surface area contributed by atoms with E-state index in [0.717, 1.165) is 28.7 Å². The van der Waals surface area contributed by atoms with Crippen molar-refractivity contribution in [3.05, 3.63) is 104 Å². The van der Waals surface area contributed by atoms with E-state index in [1.54, 1.807) is 61.8 Å². The molecule has 0 unspecified atom stereocenters. The number of imide groups is 1. The maximum absolute atomic E-state index is 13.9. The van der Waals surface area contributed by atoms with Crippen molar-refractivity contribution in [3.63, 3.8) is 0 Å². The van der Waals surface area contributed by atoms with Crippen LogP contribution in [0.2, 0.25) is 0 Å². The van der Waals surface area contributed by atoms with E-state index in [2.05, 4.69) is 10.3 Å². The molecule has 6 rings (SSSR count). The van der Waals surface area contributed by atoms with Gasteiger partial charge in [0.25, 0.3) is 0 Å². The van der Waals surface area contributed by atoms with Gasteiger partial charge in [-0.1, -0.05) is 46.9 Å². The second-order valence-electron chi connectivity index (χ2n) is 10.1. The van der Waals surface area contributed by atoms with Crippen molar-refractivity contribution >= 4 is 58.2 Å². The first-order chi connectivity index (χ1) is 20.8. The van der Waals surface area contributed by atoms with Crippen molar-refractivity contribution < 1.29 is 23.9 Å². The van der Waals surface area contributed by atoms with Crippen LogP contribution in [0.1, 0.15) is 39.2 Å². The number of carbonyl (C=O) groups is 4. The molecule has 43 heavy (non-hydrogen) atoms. The minimum Gasteiger partial charge on any atom is -0.462 e. The van der Waals surface area contributed by atoms with Crippen LogP contribution in [0.15, 0.2) is 82.9 Å². The highest BCUT2D eigenvalue weighted by Gasteiger charge is 2.56. The lowest BCUT2D eigenvalue weighted by Crippen LogP contribution is -2.33. The highest BCUT2D eigenvalue weighted by molar-refractivity contribution is 8.00. The van der Waals surface area contributed by atoms with E-state index in [1.807, 2.05) is 25.1 Å². The third-order valence-corrected chi connectivity index (χ3v) is 9.97. The van der Waals surface area contributed by atoms with Crippen LogP contribution in [0.25, 0.3) is 0 Å². The number of nitrogens with one attached hydrogen (secondary N) is 1. The summed E-state index contributed by atoms with van der Waals surface area (Å²) in [5.74, 6) is -2.94. The Labute approximate surface area is 254 Å². The molecule has 1 fully saturated rings.